The van der Waals surface area contributed by atoms with Gasteiger partial charge in [-0.2, -0.15) is 13.2 Å². The molecule has 0 saturated heterocycles. The van der Waals surface area contributed by atoms with Crippen molar-refractivity contribution in [1.82, 2.24) is 0 Å². The number of amides is 1. The van der Waals surface area contributed by atoms with Crippen LogP contribution in [0.4, 0.5) is 24.7 Å². The number of pyridine rings is 1. The summed E-state index contributed by atoms with van der Waals surface area (Å²) in [5.41, 5.74) is 0.908. The van der Waals surface area contributed by atoms with Gasteiger partial charge in [0.2, 0.25) is 0 Å². The van der Waals surface area contributed by atoms with Crippen LogP contribution in [0.2, 0.25) is 0 Å². The summed E-state index contributed by atoms with van der Waals surface area (Å²) in [5, 5.41) is 2.65. The maximum Gasteiger partial charge on any atom is 0.417 e. The second-order valence-electron chi connectivity index (χ2n) is 5.68. The van der Waals surface area contributed by atoms with Crippen LogP contribution in [0, 0.1) is 13.8 Å². The lowest BCUT2D eigenvalue weighted by Gasteiger charge is -2.26. The van der Waals surface area contributed by atoms with Gasteiger partial charge < -0.3 is 4.90 Å². The Bertz CT molecular complexity index is 767. The molecule has 0 saturated carbocycles. The van der Waals surface area contributed by atoms with E-state index in [0.29, 0.717) is 5.69 Å². The third-order valence-corrected chi connectivity index (χ3v) is 4.04. The number of anilines is 2. The molecule has 0 spiro atoms. The average Bonchev–Trinajstić information content (AvgIpc) is 2.56. The fourth-order valence-corrected chi connectivity index (χ4v) is 2.92. The second kappa shape index (κ2) is 7.13. The molecule has 0 radical (unpaired) electrons. The Morgan fingerprint density at radius 1 is 1.20 bits per heavy atom. The van der Waals surface area contributed by atoms with E-state index in [1.54, 1.807) is 6.92 Å². The summed E-state index contributed by atoms with van der Waals surface area (Å²) in [5.74, 6) is -0.669. The number of aromatic amines is 1. The minimum atomic E-state index is -4.63. The summed E-state index contributed by atoms with van der Waals surface area (Å²) >= 11 is 0. The molecule has 2 rings (SSSR count). The predicted octanol–water partition coefficient (Wildman–Crippen LogP) is 3.84. The van der Waals surface area contributed by atoms with Gasteiger partial charge in [0.15, 0.2) is 0 Å². The molecule has 1 aromatic heterocycles. The zero-order valence-electron chi connectivity index (χ0n) is 14.6. The minimum absolute atomic E-state index is 0.0320. The molecule has 2 aromatic rings. The second-order valence-corrected chi connectivity index (χ2v) is 5.68. The van der Waals surface area contributed by atoms with Crippen LogP contribution in [-0.4, -0.2) is 19.5 Å². The number of aromatic nitrogens is 1. The lowest BCUT2D eigenvalue weighted by molar-refractivity contribution is -0.361. The first kappa shape index (κ1) is 18.8. The van der Waals surface area contributed by atoms with Gasteiger partial charge in [-0.15, -0.1) is 0 Å². The highest BCUT2D eigenvalue weighted by Gasteiger charge is 2.40. The molecule has 1 amide bonds. The molecule has 0 aliphatic heterocycles. The number of H-pyrrole nitrogens is 1. The van der Waals surface area contributed by atoms with E-state index < -0.39 is 23.2 Å². The van der Waals surface area contributed by atoms with Gasteiger partial charge >= 0.3 is 6.18 Å². The SMILES string of the molecule is CCN(C(=O)c1c(C(F)(F)F)cc[nH+]c1NC)c1c(C)cccc1C. The molecule has 25 heavy (non-hydrogen) atoms. The Balaban J connectivity index is 2.67. The first-order valence-electron chi connectivity index (χ1n) is 7.90. The number of carbonyl (C=O) groups excluding carboxylic acids is 1. The van der Waals surface area contributed by atoms with E-state index in [1.165, 1.54) is 18.1 Å². The van der Waals surface area contributed by atoms with Crippen molar-refractivity contribution in [2.24, 2.45) is 0 Å². The van der Waals surface area contributed by atoms with E-state index in [0.717, 1.165) is 17.2 Å². The predicted molar refractivity (Wildman–Crippen MR) is 90.8 cm³/mol. The summed E-state index contributed by atoms with van der Waals surface area (Å²) < 4.78 is 40.3. The van der Waals surface area contributed by atoms with E-state index in [4.69, 9.17) is 0 Å². The quantitative estimate of drug-likeness (QED) is 0.909. The summed E-state index contributed by atoms with van der Waals surface area (Å²) in [4.78, 5) is 17.2. The van der Waals surface area contributed by atoms with Crippen LogP contribution in [0.15, 0.2) is 30.5 Å². The van der Waals surface area contributed by atoms with Crippen molar-refractivity contribution in [3.8, 4) is 0 Å². The highest BCUT2D eigenvalue weighted by atomic mass is 19.4. The molecular formula is C18H21F3N3O+. The Labute approximate surface area is 144 Å². The summed E-state index contributed by atoms with van der Waals surface area (Å²) in [6.45, 7) is 5.65. The fourth-order valence-electron chi connectivity index (χ4n) is 2.92. The van der Waals surface area contributed by atoms with Crippen molar-refractivity contribution in [2.45, 2.75) is 26.9 Å². The largest absolute Gasteiger partial charge is 0.417 e. The van der Waals surface area contributed by atoms with Gasteiger partial charge in [-0.05, 0) is 38.0 Å². The van der Waals surface area contributed by atoms with Crippen LogP contribution in [0.3, 0.4) is 0 Å². The van der Waals surface area contributed by atoms with Crippen molar-refractivity contribution < 1.29 is 22.9 Å². The van der Waals surface area contributed by atoms with Gasteiger partial charge in [-0.25, -0.2) is 4.98 Å². The molecule has 0 bridgehead atoms. The zero-order chi connectivity index (χ0) is 18.8. The normalized spacial score (nSPS) is 11.3. The van der Waals surface area contributed by atoms with Gasteiger partial charge in [0.1, 0.15) is 5.56 Å². The van der Waals surface area contributed by atoms with Crippen LogP contribution in [-0.2, 0) is 6.18 Å². The fraction of sp³-hybridized carbons (Fsp3) is 0.333. The Morgan fingerprint density at radius 2 is 1.80 bits per heavy atom. The monoisotopic (exact) mass is 352 g/mol. The number of hydrogen-bond donors (Lipinski definition) is 1. The highest BCUT2D eigenvalue weighted by molar-refractivity contribution is 6.10. The maximum absolute atomic E-state index is 13.4. The van der Waals surface area contributed by atoms with E-state index in [1.807, 2.05) is 32.0 Å². The molecule has 134 valence electrons. The number of halogens is 3. The van der Waals surface area contributed by atoms with Gasteiger partial charge in [-0.3, -0.25) is 10.1 Å². The van der Waals surface area contributed by atoms with Crippen LogP contribution in [0.25, 0.3) is 0 Å². The average molecular weight is 352 g/mol. The summed E-state index contributed by atoms with van der Waals surface area (Å²) in [6.07, 6.45) is -3.47. The van der Waals surface area contributed by atoms with Gasteiger partial charge in [0.25, 0.3) is 11.7 Å². The molecule has 0 unspecified atom stereocenters. The minimum Gasteiger partial charge on any atom is -0.308 e. The summed E-state index contributed by atoms with van der Waals surface area (Å²) in [6, 6.07) is 6.40. The Morgan fingerprint density at radius 3 is 2.28 bits per heavy atom. The molecule has 1 heterocycles. The van der Waals surface area contributed by atoms with E-state index in [-0.39, 0.29) is 12.4 Å². The maximum atomic E-state index is 13.4. The van der Waals surface area contributed by atoms with Gasteiger partial charge in [0.05, 0.1) is 18.8 Å². The standard InChI is InChI=1S/C18H20F3N3O/c1-5-24(15-11(2)7-6-8-12(15)3)17(25)14-13(18(19,20)21)9-10-23-16(14)22-4/h6-10H,5H2,1-4H3,(H,22,23)/p+1. The number of nitrogens with one attached hydrogen (secondary N) is 2. The number of benzene rings is 1. The van der Waals surface area contributed by atoms with E-state index in [2.05, 4.69) is 10.3 Å². The lowest BCUT2D eigenvalue weighted by atomic mass is 10.0. The van der Waals surface area contributed by atoms with Crippen LogP contribution >= 0.6 is 0 Å². The molecule has 1 aromatic carbocycles. The topological polar surface area (TPSA) is 46.5 Å². The highest BCUT2D eigenvalue weighted by Crippen LogP contribution is 2.35. The molecule has 4 nitrogen and oxygen atoms in total. The molecular weight excluding hydrogens is 331 g/mol. The molecule has 2 N–H and O–H groups in total. The molecule has 0 aliphatic rings. The van der Waals surface area contributed by atoms with Crippen molar-refractivity contribution in [3.05, 3.63) is 52.7 Å². The third kappa shape index (κ3) is 3.60. The smallest absolute Gasteiger partial charge is 0.308 e. The number of carbonyl (C=O) groups is 1. The number of rotatable bonds is 4. The molecule has 7 heteroatoms. The first-order valence-corrected chi connectivity index (χ1v) is 7.90. The van der Waals surface area contributed by atoms with Crippen LogP contribution in [0.1, 0.15) is 34.0 Å². The Kier molecular flexibility index (Phi) is 5.35. The van der Waals surface area contributed by atoms with Gasteiger partial charge in [-0.1, -0.05) is 18.2 Å². The van der Waals surface area contributed by atoms with Crippen LogP contribution in [0.5, 0.6) is 0 Å². The number of para-hydroxylation sites is 1. The zero-order valence-corrected chi connectivity index (χ0v) is 14.6. The van der Waals surface area contributed by atoms with Crippen molar-refractivity contribution in [3.63, 3.8) is 0 Å². The first-order chi connectivity index (χ1) is 11.7. The molecule has 0 atom stereocenters. The van der Waals surface area contributed by atoms with Gasteiger partial charge in [0, 0.05) is 12.2 Å². The number of nitrogens with zero attached hydrogens (tertiary/aromatic N) is 1. The Hall–Kier alpha value is -2.57. The number of aryl methyl sites for hydroxylation is 2. The van der Waals surface area contributed by atoms with E-state index in [9.17, 15) is 18.0 Å². The summed E-state index contributed by atoms with van der Waals surface area (Å²) in [7, 11) is 1.47. The van der Waals surface area contributed by atoms with Crippen LogP contribution < -0.4 is 15.2 Å². The number of hydrogen-bond acceptors (Lipinski definition) is 2. The number of alkyl halides is 3. The van der Waals surface area contributed by atoms with E-state index >= 15 is 0 Å². The van der Waals surface area contributed by atoms with Crippen molar-refractivity contribution in [2.75, 3.05) is 23.8 Å². The van der Waals surface area contributed by atoms with Crippen molar-refractivity contribution in [1.29, 1.82) is 0 Å². The molecule has 0 fully saturated rings. The third-order valence-electron chi connectivity index (χ3n) is 4.04. The lowest BCUT2D eigenvalue weighted by Crippen LogP contribution is -2.35. The van der Waals surface area contributed by atoms with Crippen molar-refractivity contribution >= 4 is 17.4 Å². The molecule has 0 aliphatic carbocycles.